The van der Waals surface area contributed by atoms with E-state index in [0.29, 0.717) is 5.56 Å². The van der Waals surface area contributed by atoms with Crippen molar-refractivity contribution in [2.75, 3.05) is 6.61 Å². The number of rotatable bonds is 4. The van der Waals surface area contributed by atoms with Crippen LogP contribution in [0.4, 0.5) is 0 Å². The lowest BCUT2D eigenvalue weighted by atomic mass is 10.2. The molecular weight excluding hydrogens is 234 g/mol. The quantitative estimate of drug-likeness (QED) is 0.763. The molecule has 0 unspecified atom stereocenters. The smallest absolute Gasteiger partial charge is 0.277 e. The second-order valence-corrected chi connectivity index (χ2v) is 3.86. The van der Waals surface area contributed by atoms with Gasteiger partial charge >= 0.3 is 0 Å². The van der Waals surface area contributed by atoms with E-state index in [0.717, 1.165) is 10.9 Å². The number of carbonyl (C=O) groups is 2. The minimum absolute atomic E-state index is 0.351. The van der Waals surface area contributed by atoms with Crippen molar-refractivity contribution in [3.63, 3.8) is 0 Å². The second-order valence-electron chi connectivity index (χ2n) is 3.86. The van der Waals surface area contributed by atoms with E-state index in [9.17, 15) is 9.59 Å². The fraction of sp³-hybridized carbons (Fsp3) is 0.167. The molecule has 94 valence electrons. The molecule has 1 aromatic carbocycles. The minimum Gasteiger partial charge on any atom is -0.368 e. The van der Waals surface area contributed by atoms with Gasteiger partial charge in [0.25, 0.3) is 5.91 Å². The van der Waals surface area contributed by atoms with Crippen molar-refractivity contribution in [2.24, 2.45) is 12.8 Å². The van der Waals surface area contributed by atoms with Crippen molar-refractivity contribution in [1.29, 1.82) is 0 Å². The van der Waals surface area contributed by atoms with Gasteiger partial charge in [-0.3, -0.25) is 14.4 Å². The van der Waals surface area contributed by atoms with Crippen LogP contribution < -0.4 is 11.2 Å². The highest BCUT2D eigenvalue weighted by Gasteiger charge is 2.13. The predicted molar refractivity (Wildman–Crippen MR) is 65.5 cm³/mol. The van der Waals surface area contributed by atoms with Crippen LogP contribution in [0.5, 0.6) is 0 Å². The van der Waals surface area contributed by atoms with Gasteiger partial charge in [-0.1, -0.05) is 18.2 Å². The third-order valence-electron chi connectivity index (χ3n) is 2.52. The number of hydrogen-bond donors (Lipinski definition) is 2. The molecule has 0 spiro atoms. The fourth-order valence-corrected chi connectivity index (χ4v) is 1.75. The van der Waals surface area contributed by atoms with Crippen molar-refractivity contribution in [1.82, 2.24) is 10.0 Å². The molecule has 0 aliphatic carbocycles. The van der Waals surface area contributed by atoms with E-state index in [-0.39, 0.29) is 6.61 Å². The van der Waals surface area contributed by atoms with Crippen molar-refractivity contribution in [3.05, 3.63) is 36.0 Å². The average molecular weight is 247 g/mol. The number of amides is 2. The van der Waals surface area contributed by atoms with Gasteiger partial charge in [-0.25, -0.2) is 5.48 Å². The first kappa shape index (κ1) is 12.1. The Morgan fingerprint density at radius 2 is 2.11 bits per heavy atom. The Balaban J connectivity index is 2.20. The molecule has 2 aromatic rings. The number of primary amides is 1. The Morgan fingerprint density at radius 3 is 2.83 bits per heavy atom. The SMILES string of the molecule is Cn1cc(C(=O)NOCC(N)=O)c2ccccc21. The second kappa shape index (κ2) is 4.89. The van der Waals surface area contributed by atoms with Gasteiger partial charge in [-0.2, -0.15) is 0 Å². The summed E-state index contributed by atoms with van der Waals surface area (Å²) in [4.78, 5) is 27.0. The van der Waals surface area contributed by atoms with Crippen molar-refractivity contribution in [3.8, 4) is 0 Å². The third kappa shape index (κ3) is 2.33. The van der Waals surface area contributed by atoms with E-state index in [1.165, 1.54) is 0 Å². The lowest BCUT2D eigenvalue weighted by Gasteiger charge is -2.02. The van der Waals surface area contributed by atoms with Crippen LogP contribution in [0, 0.1) is 0 Å². The van der Waals surface area contributed by atoms with Gasteiger partial charge in [0, 0.05) is 24.1 Å². The van der Waals surface area contributed by atoms with E-state index >= 15 is 0 Å². The number of carbonyl (C=O) groups excluding carboxylic acids is 2. The molecule has 0 saturated heterocycles. The number of nitrogens with one attached hydrogen (secondary N) is 1. The lowest BCUT2D eigenvalue weighted by molar-refractivity contribution is -0.124. The summed E-state index contributed by atoms with van der Waals surface area (Å²) in [6.07, 6.45) is 1.70. The summed E-state index contributed by atoms with van der Waals surface area (Å²) >= 11 is 0. The zero-order valence-corrected chi connectivity index (χ0v) is 9.84. The number of hydrogen-bond acceptors (Lipinski definition) is 3. The molecule has 1 heterocycles. The molecular formula is C12H13N3O3. The molecule has 6 nitrogen and oxygen atoms in total. The third-order valence-corrected chi connectivity index (χ3v) is 2.52. The van der Waals surface area contributed by atoms with Crippen LogP contribution in [-0.4, -0.2) is 23.0 Å². The summed E-state index contributed by atoms with van der Waals surface area (Å²) in [6, 6.07) is 7.51. The molecule has 0 fully saturated rings. The molecule has 0 aliphatic rings. The molecule has 1 aromatic heterocycles. The maximum atomic E-state index is 11.9. The lowest BCUT2D eigenvalue weighted by Crippen LogP contribution is -2.29. The van der Waals surface area contributed by atoms with E-state index in [1.54, 1.807) is 6.20 Å². The van der Waals surface area contributed by atoms with Crippen LogP contribution >= 0.6 is 0 Å². The van der Waals surface area contributed by atoms with Crippen LogP contribution in [0.3, 0.4) is 0 Å². The molecule has 0 bridgehead atoms. The van der Waals surface area contributed by atoms with Crippen LogP contribution in [-0.2, 0) is 16.7 Å². The van der Waals surface area contributed by atoms with Gasteiger partial charge in [0.1, 0.15) is 0 Å². The highest BCUT2D eigenvalue weighted by atomic mass is 16.7. The summed E-state index contributed by atoms with van der Waals surface area (Å²) < 4.78 is 1.85. The van der Waals surface area contributed by atoms with Gasteiger partial charge in [-0.15, -0.1) is 0 Å². The van der Waals surface area contributed by atoms with Gasteiger partial charge in [0.05, 0.1) is 5.56 Å². The molecule has 18 heavy (non-hydrogen) atoms. The Hall–Kier alpha value is -2.34. The fourth-order valence-electron chi connectivity index (χ4n) is 1.75. The predicted octanol–water partition coefficient (Wildman–Crippen LogP) is 0.325. The Morgan fingerprint density at radius 1 is 1.39 bits per heavy atom. The normalized spacial score (nSPS) is 10.5. The van der Waals surface area contributed by atoms with Crippen molar-refractivity contribution >= 4 is 22.7 Å². The molecule has 2 amide bonds. The van der Waals surface area contributed by atoms with E-state index in [4.69, 9.17) is 5.73 Å². The van der Waals surface area contributed by atoms with Gasteiger partial charge < -0.3 is 10.3 Å². The molecule has 0 aliphatic heterocycles. The van der Waals surface area contributed by atoms with Gasteiger partial charge in [0.15, 0.2) is 6.61 Å². The number of para-hydroxylation sites is 1. The average Bonchev–Trinajstić information content (AvgIpc) is 2.67. The summed E-state index contributed by atoms with van der Waals surface area (Å²) in [5.41, 5.74) is 8.50. The molecule has 2 rings (SSSR count). The van der Waals surface area contributed by atoms with Crippen molar-refractivity contribution < 1.29 is 14.4 Å². The topological polar surface area (TPSA) is 86.3 Å². The Labute approximate surface area is 103 Å². The zero-order valence-electron chi connectivity index (χ0n) is 9.84. The van der Waals surface area contributed by atoms with Crippen LogP contribution in [0.15, 0.2) is 30.5 Å². The van der Waals surface area contributed by atoms with Crippen LogP contribution in [0.1, 0.15) is 10.4 Å². The zero-order chi connectivity index (χ0) is 13.1. The van der Waals surface area contributed by atoms with Crippen LogP contribution in [0.25, 0.3) is 10.9 Å². The summed E-state index contributed by atoms with van der Waals surface area (Å²) in [6.45, 7) is -0.351. The summed E-state index contributed by atoms with van der Waals surface area (Å²) in [5.74, 6) is -1.05. The summed E-state index contributed by atoms with van der Waals surface area (Å²) in [5, 5.41) is 0.820. The van der Waals surface area contributed by atoms with Crippen molar-refractivity contribution in [2.45, 2.75) is 0 Å². The first-order valence-electron chi connectivity index (χ1n) is 5.34. The molecule has 0 radical (unpaired) electrons. The van der Waals surface area contributed by atoms with E-state index in [2.05, 4.69) is 10.3 Å². The molecule has 6 heteroatoms. The highest BCUT2D eigenvalue weighted by molar-refractivity contribution is 6.06. The number of fused-ring (bicyclic) bond motifs is 1. The number of hydroxylamine groups is 1. The summed E-state index contributed by atoms with van der Waals surface area (Å²) in [7, 11) is 1.85. The monoisotopic (exact) mass is 247 g/mol. The standard InChI is InChI=1S/C12H13N3O3/c1-15-6-9(8-4-2-3-5-10(8)15)12(17)14-18-7-11(13)16/h2-6H,7H2,1H3,(H2,13,16)(H,14,17). The number of nitrogens with zero attached hydrogens (tertiary/aromatic N) is 1. The first-order valence-corrected chi connectivity index (χ1v) is 5.34. The Bertz CT molecular complexity index is 604. The van der Waals surface area contributed by atoms with Gasteiger partial charge in [0.2, 0.25) is 5.91 Å². The van der Waals surface area contributed by atoms with Crippen LogP contribution in [0.2, 0.25) is 0 Å². The highest BCUT2D eigenvalue weighted by Crippen LogP contribution is 2.19. The largest absolute Gasteiger partial charge is 0.368 e. The molecule has 0 saturated carbocycles. The number of nitrogens with two attached hydrogens (primary N) is 1. The minimum atomic E-state index is -0.645. The van der Waals surface area contributed by atoms with E-state index in [1.807, 2.05) is 35.9 Å². The van der Waals surface area contributed by atoms with E-state index < -0.39 is 11.8 Å². The first-order chi connectivity index (χ1) is 8.59. The molecule has 0 atom stereocenters. The number of benzene rings is 1. The number of aromatic nitrogens is 1. The maximum Gasteiger partial charge on any atom is 0.277 e. The Kier molecular flexibility index (Phi) is 3.29. The molecule has 3 N–H and O–H groups in total. The maximum absolute atomic E-state index is 11.9. The van der Waals surface area contributed by atoms with Gasteiger partial charge in [-0.05, 0) is 6.07 Å². The number of aryl methyl sites for hydroxylation is 1.